The van der Waals surface area contributed by atoms with Crippen molar-refractivity contribution in [3.05, 3.63) is 51.7 Å². The second kappa shape index (κ2) is 8.08. The van der Waals surface area contributed by atoms with Crippen molar-refractivity contribution >= 4 is 32.1 Å². The number of hydrogen-bond donors (Lipinski definition) is 4. The van der Waals surface area contributed by atoms with Crippen LogP contribution in [0, 0.1) is 0 Å². The van der Waals surface area contributed by atoms with Crippen molar-refractivity contribution in [1.82, 2.24) is 0 Å². The molecule has 1 aromatic carbocycles. The van der Waals surface area contributed by atoms with E-state index in [1.54, 1.807) is 22.7 Å². The smallest absolute Gasteiger partial charge is 0.124 e. The van der Waals surface area contributed by atoms with Gasteiger partial charge in [0, 0.05) is 26.3 Å². The van der Waals surface area contributed by atoms with Crippen molar-refractivity contribution in [3.63, 3.8) is 0 Å². The second-order valence-corrected chi connectivity index (χ2v) is 8.98. The average Bonchev–Trinajstić information content (AvgIpc) is 3.28. The summed E-state index contributed by atoms with van der Waals surface area (Å²) in [5.74, 6) is 0.514. The molecule has 0 saturated carbocycles. The summed E-state index contributed by atoms with van der Waals surface area (Å²) in [6.45, 7) is -0.463. The van der Waals surface area contributed by atoms with E-state index in [0.29, 0.717) is 11.3 Å². The molecule has 1 aliphatic rings. The fourth-order valence-corrected chi connectivity index (χ4v) is 5.75. The Morgan fingerprint density at radius 3 is 2.57 bits per heavy atom. The third-order valence-electron chi connectivity index (χ3n) is 5.06. The van der Waals surface area contributed by atoms with Gasteiger partial charge in [-0.15, -0.1) is 22.7 Å². The third kappa shape index (κ3) is 3.57. The normalized spacial score (nSPS) is 28.0. The molecular weight excluding hydrogens is 400 g/mol. The molecule has 28 heavy (non-hydrogen) atoms. The van der Waals surface area contributed by atoms with Gasteiger partial charge in [0.1, 0.15) is 36.3 Å². The van der Waals surface area contributed by atoms with Gasteiger partial charge >= 0.3 is 0 Å². The van der Waals surface area contributed by atoms with Crippen LogP contribution in [0.3, 0.4) is 0 Å². The second-order valence-electron chi connectivity index (χ2n) is 6.86. The minimum atomic E-state index is -1.42. The molecule has 2 aromatic heterocycles. The first kappa shape index (κ1) is 19.8. The highest BCUT2D eigenvalue weighted by Gasteiger charge is 2.44. The van der Waals surface area contributed by atoms with Crippen LogP contribution < -0.4 is 4.74 Å². The van der Waals surface area contributed by atoms with E-state index >= 15 is 0 Å². The molecule has 3 aromatic rings. The first-order valence-corrected chi connectivity index (χ1v) is 10.6. The maximum atomic E-state index is 10.5. The maximum absolute atomic E-state index is 10.5. The Bertz CT molecular complexity index is 921. The molecule has 3 heterocycles. The summed E-state index contributed by atoms with van der Waals surface area (Å²) >= 11 is 3.46. The standard InChI is InChI=1S/C20H22O6S2/c1-25-13-3-2-10(6-11-8-16-15(28-11)4-5-27-16)7-12(13)20-19(24)18(23)17(22)14(9-21)26-20/h2-5,7-8,14,17-24H,6,9H2,1H3/t14-,17-,18?,19-,20+/m1/s1. The molecule has 4 N–H and O–H groups in total. The number of benzene rings is 1. The molecule has 0 amide bonds. The lowest BCUT2D eigenvalue weighted by Crippen LogP contribution is -2.55. The fraction of sp³-hybridized carbons (Fsp3) is 0.400. The van der Waals surface area contributed by atoms with Crippen LogP contribution in [0.15, 0.2) is 35.7 Å². The Balaban J connectivity index is 1.65. The number of rotatable bonds is 5. The van der Waals surface area contributed by atoms with Gasteiger partial charge in [-0.3, -0.25) is 0 Å². The van der Waals surface area contributed by atoms with Crippen molar-refractivity contribution < 1.29 is 29.9 Å². The van der Waals surface area contributed by atoms with Gasteiger partial charge < -0.3 is 29.9 Å². The Morgan fingerprint density at radius 1 is 1.04 bits per heavy atom. The highest BCUT2D eigenvalue weighted by atomic mass is 32.1. The van der Waals surface area contributed by atoms with Gasteiger partial charge in [-0.25, -0.2) is 0 Å². The van der Waals surface area contributed by atoms with Gasteiger partial charge in [0.15, 0.2) is 0 Å². The molecule has 8 heteroatoms. The lowest BCUT2D eigenvalue weighted by atomic mass is 9.90. The minimum Gasteiger partial charge on any atom is -0.496 e. The summed E-state index contributed by atoms with van der Waals surface area (Å²) in [6, 6.07) is 9.95. The van der Waals surface area contributed by atoms with E-state index in [0.717, 1.165) is 12.0 Å². The molecule has 150 valence electrons. The lowest BCUT2D eigenvalue weighted by Gasteiger charge is -2.40. The number of aliphatic hydroxyl groups excluding tert-OH is 4. The Kier molecular flexibility index (Phi) is 5.71. The number of hydrogen-bond acceptors (Lipinski definition) is 8. The van der Waals surface area contributed by atoms with Gasteiger partial charge in [-0.1, -0.05) is 6.07 Å². The minimum absolute atomic E-state index is 0.463. The summed E-state index contributed by atoms with van der Waals surface area (Å²) in [5, 5.41) is 42.1. The van der Waals surface area contributed by atoms with Crippen molar-refractivity contribution in [3.8, 4) is 5.75 Å². The Hall–Kier alpha value is -1.52. The molecule has 4 rings (SSSR count). The molecule has 0 radical (unpaired) electrons. The van der Waals surface area contributed by atoms with Crippen LogP contribution in [-0.2, 0) is 11.2 Å². The van der Waals surface area contributed by atoms with E-state index in [1.165, 1.54) is 21.4 Å². The van der Waals surface area contributed by atoms with Crippen LogP contribution in [0.25, 0.3) is 9.40 Å². The zero-order valence-electron chi connectivity index (χ0n) is 15.2. The fourth-order valence-electron chi connectivity index (χ4n) is 3.58. The molecule has 1 saturated heterocycles. The number of thiophene rings is 2. The van der Waals surface area contributed by atoms with Gasteiger partial charge in [0.05, 0.1) is 13.7 Å². The molecule has 5 atom stereocenters. The zero-order valence-corrected chi connectivity index (χ0v) is 16.8. The summed E-state index contributed by atoms with van der Waals surface area (Å²) < 4.78 is 13.7. The first-order valence-electron chi connectivity index (χ1n) is 8.95. The van der Waals surface area contributed by atoms with Crippen molar-refractivity contribution in [2.75, 3.05) is 13.7 Å². The van der Waals surface area contributed by atoms with Crippen LogP contribution in [0.2, 0.25) is 0 Å². The predicted octanol–water partition coefficient (Wildman–Crippen LogP) is 2.08. The summed E-state index contributed by atoms with van der Waals surface area (Å²) in [6.07, 6.45) is -5.30. The zero-order chi connectivity index (χ0) is 19.8. The van der Waals surface area contributed by atoms with Crippen molar-refractivity contribution in [1.29, 1.82) is 0 Å². The van der Waals surface area contributed by atoms with Crippen LogP contribution >= 0.6 is 22.7 Å². The first-order chi connectivity index (χ1) is 13.5. The summed E-state index contributed by atoms with van der Waals surface area (Å²) in [4.78, 5) is 1.23. The monoisotopic (exact) mass is 422 g/mol. The summed E-state index contributed by atoms with van der Waals surface area (Å²) in [5.41, 5.74) is 1.59. The largest absolute Gasteiger partial charge is 0.496 e. The molecule has 1 fully saturated rings. The van der Waals surface area contributed by atoms with E-state index in [1.807, 2.05) is 18.2 Å². The van der Waals surface area contributed by atoms with Crippen LogP contribution in [0.5, 0.6) is 5.75 Å². The van der Waals surface area contributed by atoms with Crippen LogP contribution in [0.1, 0.15) is 22.1 Å². The van der Waals surface area contributed by atoms with E-state index in [9.17, 15) is 20.4 Å². The number of methoxy groups -OCH3 is 1. The van der Waals surface area contributed by atoms with Crippen LogP contribution in [0.4, 0.5) is 0 Å². The molecule has 6 nitrogen and oxygen atoms in total. The van der Waals surface area contributed by atoms with Crippen LogP contribution in [-0.4, -0.2) is 58.6 Å². The van der Waals surface area contributed by atoms with Gasteiger partial charge in [-0.2, -0.15) is 0 Å². The van der Waals surface area contributed by atoms with Crippen molar-refractivity contribution in [2.24, 2.45) is 0 Å². The predicted molar refractivity (Wildman–Crippen MR) is 108 cm³/mol. The highest BCUT2D eigenvalue weighted by Crippen LogP contribution is 2.38. The molecule has 0 bridgehead atoms. The van der Waals surface area contributed by atoms with E-state index in [-0.39, 0.29) is 0 Å². The molecule has 0 aliphatic carbocycles. The Labute approximate surface area is 170 Å². The average molecular weight is 423 g/mol. The molecule has 1 aliphatic heterocycles. The number of aliphatic hydroxyl groups is 4. The number of ether oxygens (including phenoxy) is 2. The van der Waals surface area contributed by atoms with E-state index in [4.69, 9.17) is 9.47 Å². The quantitative estimate of drug-likeness (QED) is 0.503. The molecule has 0 spiro atoms. The highest BCUT2D eigenvalue weighted by molar-refractivity contribution is 7.26. The van der Waals surface area contributed by atoms with E-state index in [2.05, 4.69) is 17.5 Å². The number of fused-ring (bicyclic) bond motifs is 1. The van der Waals surface area contributed by atoms with E-state index < -0.39 is 37.1 Å². The van der Waals surface area contributed by atoms with Gasteiger partial charge in [-0.05, 0) is 35.2 Å². The van der Waals surface area contributed by atoms with Crippen molar-refractivity contribution in [2.45, 2.75) is 36.9 Å². The maximum Gasteiger partial charge on any atom is 0.124 e. The molecular formula is C20H22O6S2. The Morgan fingerprint density at radius 2 is 1.86 bits per heavy atom. The topological polar surface area (TPSA) is 99.4 Å². The lowest BCUT2D eigenvalue weighted by molar-refractivity contribution is -0.232. The third-order valence-corrected chi connectivity index (χ3v) is 7.16. The SMILES string of the molecule is COc1ccc(Cc2cc3sccc3s2)cc1[C@@H]1O[C@H](CO)[C@@H](O)C(O)[C@H]1O. The van der Waals surface area contributed by atoms with Gasteiger partial charge in [0.25, 0.3) is 0 Å². The summed E-state index contributed by atoms with van der Waals surface area (Å²) in [7, 11) is 1.52. The van der Waals surface area contributed by atoms with Gasteiger partial charge in [0.2, 0.25) is 0 Å². The molecule has 1 unspecified atom stereocenters.